The van der Waals surface area contributed by atoms with Gasteiger partial charge in [-0.2, -0.15) is 0 Å². The lowest BCUT2D eigenvalue weighted by molar-refractivity contribution is -0.137. The average Bonchev–Trinajstić information content (AvgIpc) is 2.75. The standard InChI is InChI=1S/C14H16N2O4/c17-12(15-8-14(19)20)3-1-2-9-4-5-11-10(6-9)7-13(18)16-11/h4-6H,1-3,7-8H2,(H,15,17)(H,16,18)(H,19,20). The minimum atomic E-state index is -1.05. The smallest absolute Gasteiger partial charge is 0.322 e. The van der Waals surface area contributed by atoms with Crippen molar-refractivity contribution in [2.75, 3.05) is 11.9 Å². The maximum atomic E-state index is 11.3. The molecule has 0 unspecified atom stereocenters. The Hall–Kier alpha value is -2.37. The Balaban J connectivity index is 1.78. The molecule has 2 amide bonds. The minimum Gasteiger partial charge on any atom is -0.480 e. The van der Waals surface area contributed by atoms with Crippen molar-refractivity contribution in [1.82, 2.24) is 5.32 Å². The van der Waals surface area contributed by atoms with Gasteiger partial charge in [-0.25, -0.2) is 0 Å². The van der Waals surface area contributed by atoms with Crippen LogP contribution in [0.1, 0.15) is 24.0 Å². The summed E-state index contributed by atoms with van der Waals surface area (Å²) >= 11 is 0. The summed E-state index contributed by atoms with van der Waals surface area (Å²) < 4.78 is 0. The predicted molar refractivity (Wildman–Crippen MR) is 72.4 cm³/mol. The third-order valence-electron chi connectivity index (χ3n) is 3.10. The Kier molecular flexibility index (Phi) is 4.34. The number of carbonyl (C=O) groups is 3. The van der Waals surface area contributed by atoms with Crippen LogP contribution in [0.4, 0.5) is 5.69 Å². The monoisotopic (exact) mass is 276 g/mol. The molecule has 2 rings (SSSR count). The lowest BCUT2D eigenvalue weighted by Gasteiger charge is -2.05. The van der Waals surface area contributed by atoms with Gasteiger partial charge in [-0.15, -0.1) is 0 Å². The molecule has 1 aromatic carbocycles. The van der Waals surface area contributed by atoms with Crippen LogP contribution in [-0.2, 0) is 27.2 Å². The van der Waals surface area contributed by atoms with Crippen LogP contribution in [0.3, 0.4) is 0 Å². The fourth-order valence-corrected chi connectivity index (χ4v) is 2.15. The highest BCUT2D eigenvalue weighted by Crippen LogP contribution is 2.24. The molecule has 1 aliphatic rings. The second kappa shape index (κ2) is 6.18. The van der Waals surface area contributed by atoms with Gasteiger partial charge in [-0.05, 0) is 30.0 Å². The number of amides is 2. The highest BCUT2D eigenvalue weighted by Gasteiger charge is 2.17. The van der Waals surface area contributed by atoms with E-state index >= 15 is 0 Å². The molecule has 20 heavy (non-hydrogen) atoms. The molecule has 0 aliphatic carbocycles. The maximum absolute atomic E-state index is 11.3. The van der Waals surface area contributed by atoms with Crippen LogP contribution >= 0.6 is 0 Å². The molecule has 0 fully saturated rings. The fraction of sp³-hybridized carbons (Fsp3) is 0.357. The zero-order chi connectivity index (χ0) is 14.5. The highest BCUT2D eigenvalue weighted by molar-refractivity contribution is 5.99. The van der Waals surface area contributed by atoms with E-state index in [1.165, 1.54) is 0 Å². The van der Waals surface area contributed by atoms with E-state index in [-0.39, 0.29) is 18.4 Å². The topological polar surface area (TPSA) is 95.5 Å². The Morgan fingerprint density at radius 1 is 1.35 bits per heavy atom. The van der Waals surface area contributed by atoms with Crippen LogP contribution in [0.2, 0.25) is 0 Å². The van der Waals surface area contributed by atoms with Crippen molar-refractivity contribution in [3.63, 3.8) is 0 Å². The molecule has 0 radical (unpaired) electrons. The van der Waals surface area contributed by atoms with E-state index in [9.17, 15) is 14.4 Å². The summed E-state index contributed by atoms with van der Waals surface area (Å²) in [6.45, 7) is -0.342. The van der Waals surface area contributed by atoms with Gasteiger partial charge in [0.05, 0.1) is 6.42 Å². The number of aryl methyl sites for hydroxylation is 1. The number of carboxylic acids is 1. The highest BCUT2D eigenvalue weighted by atomic mass is 16.4. The molecular weight excluding hydrogens is 260 g/mol. The molecule has 0 bridgehead atoms. The molecule has 0 saturated carbocycles. The minimum absolute atomic E-state index is 0.00481. The van der Waals surface area contributed by atoms with Crippen molar-refractivity contribution in [1.29, 1.82) is 0 Å². The van der Waals surface area contributed by atoms with Crippen molar-refractivity contribution < 1.29 is 19.5 Å². The number of carbonyl (C=O) groups excluding carboxylic acids is 2. The molecule has 0 saturated heterocycles. The Bertz CT molecular complexity index is 554. The van der Waals surface area contributed by atoms with E-state index in [2.05, 4.69) is 10.6 Å². The van der Waals surface area contributed by atoms with Crippen LogP contribution in [0.25, 0.3) is 0 Å². The van der Waals surface area contributed by atoms with Crippen molar-refractivity contribution in [3.05, 3.63) is 29.3 Å². The number of hydrogen-bond donors (Lipinski definition) is 3. The van der Waals surface area contributed by atoms with Crippen LogP contribution in [0.5, 0.6) is 0 Å². The largest absolute Gasteiger partial charge is 0.480 e. The molecule has 1 heterocycles. The van der Waals surface area contributed by atoms with Crippen LogP contribution in [0, 0.1) is 0 Å². The molecule has 0 spiro atoms. The van der Waals surface area contributed by atoms with Gasteiger partial charge < -0.3 is 15.7 Å². The first-order valence-corrected chi connectivity index (χ1v) is 6.45. The summed E-state index contributed by atoms with van der Waals surface area (Å²) in [6.07, 6.45) is 2.07. The quantitative estimate of drug-likeness (QED) is 0.713. The average molecular weight is 276 g/mol. The van der Waals surface area contributed by atoms with Gasteiger partial charge in [0, 0.05) is 12.1 Å². The van der Waals surface area contributed by atoms with Gasteiger partial charge in [0.1, 0.15) is 6.54 Å². The summed E-state index contributed by atoms with van der Waals surface area (Å²) in [7, 11) is 0. The number of hydrogen-bond acceptors (Lipinski definition) is 3. The lowest BCUT2D eigenvalue weighted by Crippen LogP contribution is -2.28. The van der Waals surface area contributed by atoms with E-state index in [0.29, 0.717) is 19.3 Å². The van der Waals surface area contributed by atoms with Crippen molar-refractivity contribution in [2.24, 2.45) is 0 Å². The zero-order valence-electron chi connectivity index (χ0n) is 10.9. The summed E-state index contributed by atoms with van der Waals surface area (Å²) in [5, 5.41) is 13.5. The maximum Gasteiger partial charge on any atom is 0.322 e. The number of carboxylic acid groups (broad SMARTS) is 1. The molecule has 1 aliphatic heterocycles. The summed E-state index contributed by atoms with van der Waals surface area (Å²) in [5.74, 6) is -1.30. The summed E-state index contributed by atoms with van der Waals surface area (Å²) in [5.41, 5.74) is 2.92. The third kappa shape index (κ3) is 3.81. The summed E-state index contributed by atoms with van der Waals surface area (Å²) in [4.78, 5) is 32.9. The normalized spacial score (nSPS) is 12.7. The van der Waals surface area contributed by atoms with E-state index in [4.69, 9.17) is 5.11 Å². The predicted octanol–water partition coefficient (Wildman–Crippen LogP) is 0.705. The SMILES string of the molecule is O=C(O)CNC(=O)CCCc1ccc2c(c1)CC(=O)N2. The first-order valence-electron chi connectivity index (χ1n) is 6.45. The van der Waals surface area contributed by atoms with Gasteiger partial charge in [-0.1, -0.05) is 12.1 Å². The lowest BCUT2D eigenvalue weighted by atomic mass is 10.0. The van der Waals surface area contributed by atoms with Crippen molar-refractivity contribution in [3.8, 4) is 0 Å². The van der Waals surface area contributed by atoms with E-state index in [1.807, 2.05) is 18.2 Å². The number of anilines is 1. The molecule has 3 N–H and O–H groups in total. The molecule has 1 aromatic rings. The Morgan fingerprint density at radius 2 is 2.15 bits per heavy atom. The zero-order valence-corrected chi connectivity index (χ0v) is 10.9. The fourth-order valence-electron chi connectivity index (χ4n) is 2.15. The van der Waals surface area contributed by atoms with Gasteiger partial charge in [0.25, 0.3) is 0 Å². The third-order valence-corrected chi connectivity index (χ3v) is 3.10. The van der Waals surface area contributed by atoms with Gasteiger partial charge in [-0.3, -0.25) is 14.4 Å². The summed E-state index contributed by atoms with van der Waals surface area (Å²) in [6, 6.07) is 5.78. The first kappa shape index (κ1) is 14.0. The molecule has 6 nitrogen and oxygen atoms in total. The van der Waals surface area contributed by atoms with Gasteiger partial charge >= 0.3 is 5.97 Å². The van der Waals surface area contributed by atoms with Crippen molar-refractivity contribution in [2.45, 2.75) is 25.7 Å². The van der Waals surface area contributed by atoms with E-state index in [1.54, 1.807) is 0 Å². The number of aliphatic carboxylic acids is 1. The van der Waals surface area contributed by atoms with Gasteiger partial charge in [0.15, 0.2) is 0 Å². The molecular formula is C14H16N2O4. The molecule has 0 aromatic heterocycles. The number of nitrogens with one attached hydrogen (secondary N) is 2. The number of benzene rings is 1. The molecule has 106 valence electrons. The number of fused-ring (bicyclic) bond motifs is 1. The molecule has 6 heteroatoms. The molecule has 0 atom stereocenters. The number of rotatable bonds is 6. The van der Waals surface area contributed by atoms with E-state index < -0.39 is 5.97 Å². The van der Waals surface area contributed by atoms with Crippen molar-refractivity contribution >= 4 is 23.5 Å². The second-order valence-corrected chi connectivity index (χ2v) is 4.74. The Morgan fingerprint density at radius 3 is 2.90 bits per heavy atom. The van der Waals surface area contributed by atoms with Gasteiger partial charge in [0.2, 0.25) is 11.8 Å². The van der Waals surface area contributed by atoms with Crippen LogP contribution in [-0.4, -0.2) is 29.4 Å². The second-order valence-electron chi connectivity index (χ2n) is 4.74. The van der Waals surface area contributed by atoms with Crippen LogP contribution < -0.4 is 10.6 Å². The van der Waals surface area contributed by atoms with Crippen LogP contribution in [0.15, 0.2) is 18.2 Å². The van der Waals surface area contributed by atoms with E-state index in [0.717, 1.165) is 23.2 Å². The Labute approximate surface area is 116 Å². The first-order chi connectivity index (χ1) is 9.54.